The first-order valence-electron chi connectivity index (χ1n) is 29.7. The summed E-state index contributed by atoms with van der Waals surface area (Å²) < 4.78 is 16.2. The minimum Gasteiger partial charge on any atom is -0.506 e. The first kappa shape index (κ1) is 69.1. The molecule has 10 aromatic rings. The number of halogens is 1. The number of para-hydroxylation sites is 4. The molecular formula is C73H68ClN11O8. The molecule has 1 aliphatic rings. The Morgan fingerprint density at radius 3 is 0.903 bits per heavy atom. The zero-order chi connectivity index (χ0) is 65.7. The fourth-order valence-corrected chi connectivity index (χ4v) is 8.01. The van der Waals surface area contributed by atoms with Crippen LogP contribution in [0.3, 0.4) is 0 Å². The van der Waals surface area contributed by atoms with Crippen LogP contribution in [0, 0.1) is 0 Å². The fraction of sp³-hybridized carbons (Fsp3) is 0.137. The van der Waals surface area contributed by atoms with Crippen molar-refractivity contribution in [3.05, 3.63) is 278 Å². The van der Waals surface area contributed by atoms with Crippen LogP contribution in [-0.2, 0) is 4.74 Å². The molecule has 0 bridgehead atoms. The van der Waals surface area contributed by atoms with Crippen LogP contribution < -0.4 is 9.47 Å². The Morgan fingerprint density at radius 1 is 0.355 bits per heavy atom. The predicted octanol–water partition coefficient (Wildman–Crippen LogP) is 21.5. The summed E-state index contributed by atoms with van der Waals surface area (Å²) in [7, 11) is 0. The minimum atomic E-state index is -0.578. The van der Waals surface area contributed by atoms with Gasteiger partial charge in [0.25, 0.3) is 5.24 Å². The van der Waals surface area contributed by atoms with Crippen LogP contribution in [0.4, 0.5) is 56.9 Å². The van der Waals surface area contributed by atoms with Gasteiger partial charge >= 0.3 is 11.9 Å². The predicted molar refractivity (Wildman–Crippen MR) is 362 cm³/mol. The number of aromatic hydroxyl groups is 2. The molecule has 1 heterocycles. The van der Waals surface area contributed by atoms with E-state index in [4.69, 9.17) is 25.8 Å². The van der Waals surface area contributed by atoms with Gasteiger partial charge in [0.1, 0.15) is 34.2 Å². The number of carbonyl (C=O) groups is 3. The van der Waals surface area contributed by atoms with E-state index in [1.165, 1.54) is 44.6 Å². The summed E-state index contributed by atoms with van der Waals surface area (Å²) in [5.41, 5.74) is 6.53. The van der Waals surface area contributed by atoms with E-state index in [1.807, 2.05) is 91.0 Å². The number of phenolic OH excluding ortho intramolecular Hbond substituents is 2. The van der Waals surface area contributed by atoms with Crippen molar-refractivity contribution in [3.63, 3.8) is 0 Å². The average Bonchev–Trinajstić information content (AvgIpc) is 2.07. The number of esters is 2. The van der Waals surface area contributed by atoms with Crippen molar-refractivity contribution in [3.8, 4) is 23.0 Å². The number of ether oxygens (including phenoxy) is 3. The van der Waals surface area contributed by atoms with Gasteiger partial charge in [-0.3, -0.25) is 4.79 Å². The van der Waals surface area contributed by atoms with Gasteiger partial charge in [0.05, 0.1) is 45.3 Å². The van der Waals surface area contributed by atoms with E-state index in [-0.39, 0.29) is 23.0 Å². The van der Waals surface area contributed by atoms with Gasteiger partial charge in [-0.15, -0.1) is 20.5 Å². The molecule has 0 spiro atoms. The summed E-state index contributed by atoms with van der Waals surface area (Å²) >= 11 is 5.34. The van der Waals surface area contributed by atoms with E-state index in [0.29, 0.717) is 56.5 Å². The van der Waals surface area contributed by atoms with Gasteiger partial charge in [-0.2, -0.15) is 30.7 Å². The molecule has 93 heavy (non-hydrogen) atoms. The van der Waals surface area contributed by atoms with Crippen LogP contribution in [0.25, 0.3) is 0 Å². The van der Waals surface area contributed by atoms with Gasteiger partial charge in [0, 0.05) is 18.8 Å². The summed E-state index contributed by atoms with van der Waals surface area (Å²) in [6.07, 6.45) is 2.56. The highest BCUT2D eigenvalue weighted by atomic mass is 35.5. The van der Waals surface area contributed by atoms with E-state index in [9.17, 15) is 24.6 Å². The SMILES string of the molecule is C1CCOC1.CCN(CC)CC.O=C(Cl)c1ccc(N=Nc2ccccc2)cc1.O=C(Oc1ccccc1N=Nc1ccccc1OC(=O)c1ccc(N=Nc2ccccc2)cc1)c1ccc(N=Nc2ccccc2)cc1.Oc1ccccc1N=Nc1ccccc1O. The molecule has 0 unspecified atom stereocenters. The van der Waals surface area contributed by atoms with E-state index in [1.54, 1.807) is 158 Å². The third-order valence-corrected chi connectivity index (χ3v) is 13.2. The van der Waals surface area contributed by atoms with Gasteiger partial charge in [-0.05, 0) is 202 Å². The zero-order valence-corrected chi connectivity index (χ0v) is 52.2. The van der Waals surface area contributed by atoms with Crippen LogP contribution in [0.2, 0.25) is 0 Å². The summed E-state index contributed by atoms with van der Waals surface area (Å²) in [6, 6.07) is 74.6. The van der Waals surface area contributed by atoms with E-state index >= 15 is 0 Å². The van der Waals surface area contributed by atoms with Gasteiger partial charge in [-0.1, -0.05) is 124 Å². The maximum Gasteiger partial charge on any atom is 0.343 e. The molecule has 19 nitrogen and oxygen atoms in total. The lowest BCUT2D eigenvalue weighted by molar-refractivity contribution is 0.0725. The number of hydrogen-bond donors (Lipinski definition) is 2. The number of benzene rings is 10. The number of nitrogens with zero attached hydrogens (tertiary/aromatic N) is 11. The van der Waals surface area contributed by atoms with E-state index < -0.39 is 17.2 Å². The standard InChI is InChI=1S/C38H26N6O4.C13H9ClN2O.C12H10N2O2.C6H15N.C4H8O/c45-37(27-19-23-31(24-20-27)41-39-29-11-3-1-4-12-29)47-35-17-9-7-15-33(35)43-44-34-16-8-10-18-36(34)48-38(46)28-21-25-32(26-22-28)42-40-30-13-5-2-6-14-30;14-13(17)10-6-8-12(9-7-10)16-15-11-4-2-1-3-5-11;15-11-7-3-1-5-9(11)13-14-10-6-2-4-8-12(10)16;1-4-7(5-2)6-3;1-2-4-5-3-1/h1-26H;1-9H;1-8,15-16H;4-6H2,1-3H3;1-4H2. The molecule has 0 atom stereocenters. The molecule has 0 aliphatic carbocycles. The van der Waals surface area contributed by atoms with Crippen LogP contribution >= 0.6 is 11.6 Å². The number of carbonyl (C=O) groups excluding carboxylic acids is 3. The van der Waals surface area contributed by atoms with Gasteiger partial charge in [-0.25, -0.2) is 9.59 Å². The maximum atomic E-state index is 12.9. The van der Waals surface area contributed by atoms with Crippen molar-refractivity contribution >= 4 is 85.7 Å². The van der Waals surface area contributed by atoms with E-state index in [0.717, 1.165) is 30.3 Å². The Hall–Kier alpha value is -11.4. The van der Waals surface area contributed by atoms with Crippen molar-refractivity contribution in [1.82, 2.24) is 4.90 Å². The molecule has 2 N–H and O–H groups in total. The molecular weight excluding hydrogens is 1190 g/mol. The molecule has 1 saturated heterocycles. The third-order valence-electron chi connectivity index (χ3n) is 13.0. The van der Waals surface area contributed by atoms with Crippen molar-refractivity contribution in [2.45, 2.75) is 33.6 Å². The molecule has 1 fully saturated rings. The molecule has 0 radical (unpaired) electrons. The molecule has 1 aliphatic heterocycles. The van der Waals surface area contributed by atoms with Gasteiger partial charge in [0.15, 0.2) is 11.5 Å². The first-order valence-corrected chi connectivity index (χ1v) is 30.1. The summed E-state index contributed by atoms with van der Waals surface area (Å²) in [5.74, 6) is -0.628. The lowest BCUT2D eigenvalue weighted by atomic mass is 10.2. The second-order valence-corrected chi connectivity index (χ2v) is 19.9. The number of rotatable bonds is 18. The number of azo groups is 5. The molecule has 0 aromatic heterocycles. The highest BCUT2D eigenvalue weighted by Crippen LogP contribution is 2.35. The Morgan fingerprint density at radius 2 is 0.624 bits per heavy atom. The van der Waals surface area contributed by atoms with Crippen LogP contribution in [0.15, 0.2) is 312 Å². The van der Waals surface area contributed by atoms with E-state index in [2.05, 4.69) is 76.8 Å². The lowest BCUT2D eigenvalue weighted by Crippen LogP contribution is -2.21. The molecule has 470 valence electrons. The normalized spacial score (nSPS) is 11.7. The van der Waals surface area contributed by atoms with Crippen molar-refractivity contribution in [2.24, 2.45) is 51.1 Å². The quantitative estimate of drug-likeness (QED) is 0.0358. The second kappa shape index (κ2) is 38.9. The smallest absolute Gasteiger partial charge is 0.343 e. The van der Waals surface area contributed by atoms with Crippen LogP contribution in [0.5, 0.6) is 23.0 Å². The fourth-order valence-electron chi connectivity index (χ4n) is 7.88. The van der Waals surface area contributed by atoms with Crippen molar-refractivity contribution < 1.29 is 38.8 Å². The van der Waals surface area contributed by atoms with Gasteiger partial charge in [0.2, 0.25) is 0 Å². The Kier molecular flexibility index (Phi) is 28.9. The summed E-state index contributed by atoms with van der Waals surface area (Å²) in [4.78, 5) is 39.1. The molecule has 11 rings (SSSR count). The molecule has 0 saturated carbocycles. The molecule has 10 aromatic carbocycles. The minimum absolute atomic E-state index is 0.0571. The van der Waals surface area contributed by atoms with Crippen molar-refractivity contribution in [2.75, 3.05) is 32.8 Å². The average molecular weight is 1260 g/mol. The third kappa shape index (κ3) is 24.5. The van der Waals surface area contributed by atoms with Gasteiger partial charge < -0.3 is 29.3 Å². The highest BCUT2D eigenvalue weighted by Gasteiger charge is 2.15. The molecule has 0 amide bonds. The maximum absolute atomic E-state index is 12.9. The first-order chi connectivity index (χ1) is 45.5. The summed E-state index contributed by atoms with van der Waals surface area (Å²) in [5, 5.41) is 59.6. The Bertz CT molecular complexity index is 3850. The van der Waals surface area contributed by atoms with Crippen LogP contribution in [0.1, 0.15) is 64.7 Å². The second-order valence-electron chi connectivity index (χ2n) is 19.6. The largest absolute Gasteiger partial charge is 0.506 e. The summed E-state index contributed by atoms with van der Waals surface area (Å²) in [6.45, 7) is 12.1. The topological polar surface area (TPSA) is 246 Å². The van der Waals surface area contributed by atoms with Crippen molar-refractivity contribution in [1.29, 1.82) is 0 Å². The monoisotopic (exact) mass is 1260 g/mol. The zero-order valence-electron chi connectivity index (χ0n) is 51.4. The Balaban J connectivity index is 0.000000218. The number of phenols is 2. The van der Waals surface area contributed by atoms with Crippen LogP contribution in [-0.4, -0.2) is 65.1 Å². The number of hydrogen-bond acceptors (Lipinski definition) is 19. The Labute approximate surface area is 544 Å². The lowest BCUT2D eigenvalue weighted by Gasteiger charge is -2.13. The highest BCUT2D eigenvalue weighted by molar-refractivity contribution is 6.67. The molecule has 20 heteroatoms.